The van der Waals surface area contributed by atoms with Crippen molar-refractivity contribution in [1.29, 1.82) is 0 Å². The van der Waals surface area contributed by atoms with Crippen LogP contribution in [0.3, 0.4) is 0 Å². The summed E-state index contributed by atoms with van der Waals surface area (Å²) in [5, 5.41) is 3.09. The zero-order valence-electron chi connectivity index (χ0n) is 8.79. The predicted octanol–water partition coefficient (Wildman–Crippen LogP) is 1.11. The fourth-order valence-electron chi connectivity index (χ4n) is 1.16. The monoisotopic (exact) mass is 228 g/mol. The highest BCUT2D eigenvalue weighted by Gasteiger charge is 2.01. The van der Waals surface area contributed by atoms with Gasteiger partial charge in [-0.05, 0) is 18.4 Å². The van der Waals surface area contributed by atoms with Crippen LogP contribution in [0.15, 0.2) is 16.5 Å². The van der Waals surface area contributed by atoms with Crippen LogP contribution >= 0.6 is 11.8 Å². The molecule has 0 bridgehead atoms. The van der Waals surface area contributed by atoms with Crippen LogP contribution in [0.25, 0.3) is 0 Å². The molecule has 1 amide bonds. The maximum atomic E-state index is 10.5. The smallest absolute Gasteiger partial charge is 0.218 e. The summed E-state index contributed by atoms with van der Waals surface area (Å²) in [6, 6.07) is 3.92. The fraction of sp³-hybridized carbons (Fsp3) is 0.500. The zero-order chi connectivity index (χ0) is 11.1. The van der Waals surface area contributed by atoms with E-state index in [1.807, 2.05) is 18.4 Å². The molecule has 0 atom stereocenters. The van der Waals surface area contributed by atoms with E-state index in [2.05, 4.69) is 5.32 Å². The Bertz CT molecular complexity index is 312. The molecule has 0 aliphatic heterocycles. The molecule has 0 aromatic carbocycles. The van der Waals surface area contributed by atoms with Crippen LogP contribution < -0.4 is 11.1 Å². The summed E-state index contributed by atoms with van der Waals surface area (Å²) in [7, 11) is 0. The van der Waals surface area contributed by atoms with Gasteiger partial charge in [0.2, 0.25) is 5.91 Å². The summed E-state index contributed by atoms with van der Waals surface area (Å²) in [5.74, 6) is 2.48. The molecular weight excluding hydrogens is 212 g/mol. The number of thioether (sulfide) groups is 1. The van der Waals surface area contributed by atoms with E-state index in [1.54, 1.807) is 11.8 Å². The van der Waals surface area contributed by atoms with Crippen molar-refractivity contribution >= 4 is 17.7 Å². The van der Waals surface area contributed by atoms with Gasteiger partial charge in [-0.15, -0.1) is 0 Å². The van der Waals surface area contributed by atoms with Crippen LogP contribution in [0.1, 0.15) is 17.9 Å². The minimum atomic E-state index is -0.287. The van der Waals surface area contributed by atoms with Crippen molar-refractivity contribution in [2.75, 3.05) is 12.8 Å². The van der Waals surface area contributed by atoms with Crippen molar-refractivity contribution in [3.8, 4) is 0 Å². The quantitative estimate of drug-likeness (QED) is 0.686. The number of hydrogen-bond donors (Lipinski definition) is 2. The van der Waals surface area contributed by atoms with Crippen LogP contribution in [-0.2, 0) is 17.1 Å². The van der Waals surface area contributed by atoms with Crippen molar-refractivity contribution < 1.29 is 9.21 Å². The van der Waals surface area contributed by atoms with Gasteiger partial charge in [-0.1, -0.05) is 0 Å². The second-order valence-corrected chi connectivity index (χ2v) is 4.06. The van der Waals surface area contributed by atoms with Gasteiger partial charge < -0.3 is 15.5 Å². The molecule has 0 saturated heterocycles. The molecule has 0 aliphatic carbocycles. The van der Waals surface area contributed by atoms with Crippen molar-refractivity contribution in [3.63, 3.8) is 0 Å². The molecule has 0 radical (unpaired) electrons. The highest BCUT2D eigenvalue weighted by Crippen LogP contribution is 2.12. The van der Waals surface area contributed by atoms with Gasteiger partial charge in [-0.2, -0.15) is 11.8 Å². The maximum absolute atomic E-state index is 10.5. The van der Waals surface area contributed by atoms with Gasteiger partial charge in [0, 0.05) is 13.0 Å². The van der Waals surface area contributed by atoms with E-state index < -0.39 is 0 Å². The summed E-state index contributed by atoms with van der Waals surface area (Å²) in [4.78, 5) is 10.5. The third-order valence-electron chi connectivity index (χ3n) is 1.85. The molecule has 1 aromatic rings. The van der Waals surface area contributed by atoms with Crippen molar-refractivity contribution in [2.45, 2.75) is 18.7 Å². The van der Waals surface area contributed by atoms with Crippen LogP contribution in [0, 0.1) is 0 Å². The number of nitrogens with two attached hydrogens (primary N) is 1. The SMILES string of the molecule is CSCc1ccc(CNCCC(N)=O)o1. The highest BCUT2D eigenvalue weighted by atomic mass is 32.2. The number of furan rings is 1. The van der Waals surface area contributed by atoms with Gasteiger partial charge in [0.25, 0.3) is 0 Å². The number of carbonyl (C=O) groups excluding carboxylic acids is 1. The lowest BCUT2D eigenvalue weighted by atomic mass is 10.4. The van der Waals surface area contributed by atoms with Crippen LogP contribution in [0.5, 0.6) is 0 Å². The molecule has 0 aliphatic rings. The third-order valence-corrected chi connectivity index (χ3v) is 2.42. The highest BCUT2D eigenvalue weighted by molar-refractivity contribution is 7.97. The molecule has 84 valence electrons. The Morgan fingerprint density at radius 2 is 2.27 bits per heavy atom. The van der Waals surface area contributed by atoms with E-state index in [4.69, 9.17) is 10.2 Å². The third kappa shape index (κ3) is 4.90. The predicted molar refractivity (Wildman–Crippen MR) is 61.4 cm³/mol. The lowest BCUT2D eigenvalue weighted by Gasteiger charge is -1.99. The van der Waals surface area contributed by atoms with Crippen molar-refractivity contribution in [3.05, 3.63) is 23.7 Å². The fourth-order valence-corrected chi connectivity index (χ4v) is 1.60. The number of amides is 1. The van der Waals surface area contributed by atoms with Crippen molar-refractivity contribution in [1.82, 2.24) is 5.32 Å². The lowest BCUT2D eigenvalue weighted by Crippen LogP contribution is -2.21. The number of nitrogens with one attached hydrogen (secondary N) is 1. The molecular formula is C10H16N2O2S. The number of rotatable bonds is 7. The van der Waals surface area contributed by atoms with E-state index in [0.717, 1.165) is 17.3 Å². The molecule has 0 spiro atoms. The first-order valence-electron chi connectivity index (χ1n) is 4.78. The summed E-state index contributed by atoms with van der Waals surface area (Å²) >= 11 is 1.72. The van der Waals surface area contributed by atoms with Gasteiger partial charge in [-0.3, -0.25) is 4.79 Å². The average Bonchev–Trinajstić information content (AvgIpc) is 2.61. The van der Waals surface area contributed by atoms with E-state index >= 15 is 0 Å². The first-order valence-corrected chi connectivity index (χ1v) is 6.17. The van der Waals surface area contributed by atoms with Crippen LogP contribution in [0.4, 0.5) is 0 Å². The second-order valence-electron chi connectivity index (χ2n) is 3.19. The van der Waals surface area contributed by atoms with Gasteiger partial charge in [0.1, 0.15) is 11.5 Å². The molecule has 0 saturated carbocycles. The van der Waals surface area contributed by atoms with E-state index in [-0.39, 0.29) is 5.91 Å². The van der Waals surface area contributed by atoms with Crippen molar-refractivity contribution in [2.24, 2.45) is 5.73 Å². The molecule has 0 fully saturated rings. The second kappa shape index (κ2) is 6.53. The summed E-state index contributed by atoms with van der Waals surface area (Å²) in [6.45, 7) is 1.23. The maximum Gasteiger partial charge on any atom is 0.218 e. The Kier molecular flexibility index (Phi) is 5.28. The van der Waals surface area contributed by atoms with Crippen LogP contribution in [0.2, 0.25) is 0 Å². The average molecular weight is 228 g/mol. The molecule has 0 unspecified atom stereocenters. The van der Waals surface area contributed by atoms with Gasteiger partial charge >= 0.3 is 0 Å². The summed E-state index contributed by atoms with van der Waals surface area (Å²) < 4.78 is 5.53. The lowest BCUT2D eigenvalue weighted by molar-refractivity contribution is -0.117. The van der Waals surface area contributed by atoms with E-state index in [0.29, 0.717) is 19.5 Å². The Balaban J connectivity index is 2.22. The Morgan fingerprint density at radius 3 is 2.93 bits per heavy atom. The minimum absolute atomic E-state index is 0.287. The molecule has 1 heterocycles. The normalized spacial score (nSPS) is 10.5. The molecule has 5 heteroatoms. The van der Waals surface area contributed by atoms with Crippen LogP contribution in [-0.4, -0.2) is 18.7 Å². The molecule has 1 rings (SSSR count). The zero-order valence-corrected chi connectivity index (χ0v) is 9.60. The summed E-state index contributed by atoms with van der Waals surface area (Å²) in [5.41, 5.74) is 5.01. The minimum Gasteiger partial charge on any atom is -0.464 e. The molecule has 3 N–H and O–H groups in total. The number of primary amides is 1. The first-order chi connectivity index (χ1) is 7.22. The van der Waals surface area contributed by atoms with Gasteiger partial charge in [-0.25, -0.2) is 0 Å². The summed E-state index contributed by atoms with van der Waals surface area (Å²) in [6.07, 6.45) is 2.39. The molecule has 4 nitrogen and oxygen atoms in total. The number of carbonyl (C=O) groups is 1. The Hall–Kier alpha value is -0.940. The van der Waals surface area contributed by atoms with Gasteiger partial charge in [0.05, 0.1) is 12.3 Å². The molecule has 15 heavy (non-hydrogen) atoms. The Labute approximate surface area is 93.6 Å². The topological polar surface area (TPSA) is 68.3 Å². The first kappa shape index (κ1) is 12.1. The van der Waals surface area contributed by atoms with E-state index in [9.17, 15) is 4.79 Å². The molecule has 1 aromatic heterocycles. The standard InChI is InChI=1S/C10H16N2O2S/c1-15-7-9-3-2-8(14-9)6-12-5-4-10(11)13/h2-3,12H,4-7H2,1H3,(H2,11,13). The largest absolute Gasteiger partial charge is 0.464 e. The number of hydrogen-bond acceptors (Lipinski definition) is 4. The van der Waals surface area contributed by atoms with E-state index in [1.165, 1.54) is 0 Å². The Morgan fingerprint density at radius 1 is 1.53 bits per heavy atom. The van der Waals surface area contributed by atoms with Gasteiger partial charge in [0.15, 0.2) is 0 Å².